The van der Waals surface area contributed by atoms with E-state index in [0.29, 0.717) is 13.2 Å². The van der Waals surface area contributed by atoms with Gasteiger partial charge < -0.3 is 9.47 Å². The van der Waals surface area contributed by atoms with Gasteiger partial charge in [-0.15, -0.1) is 34.0 Å². The molecular weight excluding hydrogens is 472 g/mol. The first-order chi connectivity index (χ1) is 16.1. The molecule has 3 rings (SSSR count). The minimum Gasteiger partial charge on any atom is -0.462 e. The van der Waals surface area contributed by atoms with Crippen LogP contribution in [0.25, 0.3) is 18.8 Å². The number of carbonyl (C=O) groups excluding carboxylic acids is 2. The number of carbonyl (C=O) groups is 2. The fraction of sp³-hybridized carbons (Fsp3) is 0.615. The quantitative estimate of drug-likeness (QED) is 0.161. The van der Waals surface area contributed by atoms with Crippen molar-refractivity contribution in [3.8, 4) is 0 Å². The minimum absolute atomic E-state index is 0.216. The van der Waals surface area contributed by atoms with Gasteiger partial charge in [-0.2, -0.15) is 0 Å². The van der Waals surface area contributed by atoms with Crippen LogP contribution in [0.1, 0.15) is 110 Å². The van der Waals surface area contributed by atoms with Crippen molar-refractivity contribution in [2.75, 3.05) is 13.2 Å². The molecule has 3 aromatic rings. The van der Waals surface area contributed by atoms with Gasteiger partial charge in [-0.3, -0.25) is 0 Å². The Bertz CT molecular complexity index is 990. The summed E-state index contributed by atoms with van der Waals surface area (Å²) in [5.41, 5.74) is 2.29. The molecule has 0 unspecified atom stereocenters. The van der Waals surface area contributed by atoms with Gasteiger partial charge in [0.05, 0.1) is 32.0 Å². The van der Waals surface area contributed by atoms with Crippen LogP contribution in [0.2, 0.25) is 0 Å². The van der Waals surface area contributed by atoms with Gasteiger partial charge in [-0.1, -0.05) is 52.4 Å². The van der Waals surface area contributed by atoms with Gasteiger partial charge in [-0.05, 0) is 50.7 Å². The third kappa shape index (κ3) is 5.98. The van der Waals surface area contributed by atoms with Crippen LogP contribution in [-0.2, 0) is 22.3 Å². The molecule has 182 valence electrons. The van der Waals surface area contributed by atoms with Crippen molar-refractivity contribution in [3.05, 3.63) is 20.9 Å². The van der Waals surface area contributed by atoms with Crippen molar-refractivity contribution in [3.63, 3.8) is 0 Å². The molecule has 0 fully saturated rings. The van der Waals surface area contributed by atoms with E-state index in [1.807, 2.05) is 13.8 Å². The van der Waals surface area contributed by atoms with E-state index in [1.54, 1.807) is 34.0 Å². The van der Waals surface area contributed by atoms with Crippen LogP contribution in [0.4, 0.5) is 0 Å². The zero-order chi connectivity index (χ0) is 23.8. The third-order valence-corrected chi connectivity index (χ3v) is 9.97. The second-order valence-corrected chi connectivity index (χ2v) is 11.4. The molecule has 0 spiro atoms. The van der Waals surface area contributed by atoms with Crippen LogP contribution < -0.4 is 0 Å². The smallest absolute Gasteiger partial charge is 0.348 e. The first-order valence-electron chi connectivity index (χ1n) is 12.4. The molecule has 0 aromatic carbocycles. The Morgan fingerprint density at radius 2 is 1.00 bits per heavy atom. The highest BCUT2D eigenvalue weighted by Crippen LogP contribution is 2.49. The Labute approximate surface area is 209 Å². The number of unbranched alkanes of at least 4 members (excludes halogenated alkanes) is 6. The summed E-state index contributed by atoms with van der Waals surface area (Å²) in [6.45, 7) is 8.88. The maximum Gasteiger partial charge on any atom is 0.348 e. The number of thiophene rings is 3. The van der Waals surface area contributed by atoms with Crippen LogP contribution in [-0.4, -0.2) is 25.2 Å². The molecule has 7 heteroatoms. The number of hydrogen-bond acceptors (Lipinski definition) is 7. The molecule has 0 radical (unpaired) electrons. The summed E-state index contributed by atoms with van der Waals surface area (Å²) in [5.74, 6) is -0.432. The van der Waals surface area contributed by atoms with E-state index >= 15 is 0 Å². The highest BCUT2D eigenvalue weighted by Gasteiger charge is 2.27. The van der Waals surface area contributed by atoms with Gasteiger partial charge >= 0.3 is 11.9 Å². The SMILES string of the molecule is CCCCCCc1c(C(=O)OCC)sc2c1sc1c(CCCCCC)c(C(=O)OCC)sc12. The van der Waals surface area contributed by atoms with E-state index in [2.05, 4.69) is 13.8 Å². The molecule has 0 aliphatic carbocycles. The summed E-state index contributed by atoms with van der Waals surface area (Å²) in [6, 6.07) is 0. The van der Waals surface area contributed by atoms with Crippen LogP contribution in [0, 0.1) is 0 Å². The zero-order valence-corrected chi connectivity index (χ0v) is 22.8. The molecule has 4 nitrogen and oxygen atoms in total. The second-order valence-electron chi connectivity index (χ2n) is 8.30. The van der Waals surface area contributed by atoms with Gasteiger partial charge in [0, 0.05) is 0 Å². The Hall–Kier alpha value is -1.44. The van der Waals surface area contributed by atoms with Crippen molar-refractivity contribution in [2.45, 2.75) is 91.9 Å². The van der Waals surface area contributed by atoms with Gasteiger partial charge in [0.15, 0.2) is 0 Å². The highest BCUT2D eigenvalue weighted by molar-refractivity contribution is 7.39. The van der Waals surface area contributed by atoms with E-state index in [4.69, 9.17) is 9.47 Å². The number of esters is 2. The molecule has 33 heavy (non-hydrogen) atoms. The molecule has 0 aliphatic rings. The van der Waals surface area contributed by atoms with Gasteiger partial charge in [0.2, 0.25) is 0 Å². The topological polar surface area (TPSA) is 52.6 Å². The number of hydrogen-bond donors (Lipinski definition) is 0. The Morgan fingerprint density at radius 1 is 0.576 bits per heavy atom. The molecule has 0 saturated heterocycles. The number of aryl methyl sites for hydroxylation is 2. The molecular formula is C26H36O4S3. The monoisotopic (exact) mass is 508 g/mol. The predicted molar refractivity (Wildman–Crippen MR) is 143 cm³/mol. The summed E-state index contributed by atoms with van der Waals surface area (Å²) >= 11 is 4.85. The van der Waals surface area contributed by atoms with Crippen molar-refractivity contribution in [1.82, 2.24) is 0 Å². The predicted octanol–water partition coefficient (Wildman–Crippen LogP) is 8.78. The van der Waals surface area contributed by atoms with E-state index in [1.165, 1.54) is 47.9 Å². The number of fused-ring (bicyclic) bond motifs is 3. The Balaban J connectivity index is 2.07. The first-order valence-corrected chi connectivity index (χ1v) is 14.9. The molecule has 3 aromatic heterocycles. The zero-order valence-electron chi connectivity index (χ0n) is 20.3. The molecule has 0 atom stereocenters. The summed E-state index contributed by atoms with van der Waals surface area (Å²) in [6.07, 6.45) is 11.1. The Morgan fingerprint density at radius 3 is 1.36 bits per heavy atom. The lowest BCUT2D eigenvalue weighted by Gasteiger charge is -2.05. The van der Waals surface area contributed by atoms with Crippen molar-refractivity contribution in [2.24, 2.45) is 0 Å². The third-order valence-electron chi connectivity index (χ3n) is 5.81. The van der Waals surface area contributed by atoms with Gasteiger partial charge in [-0.25, -0.2) is 9.59 Å². The van der Waals surface area contributed by atoms with Crippen molar-refractivity contribution >= 4 is 64.7 Å². The summed E-state index contributed by atoms with van der Waals surface area (Å²) < 4.78 is 15.5. The summed E-state index contributed by atoms with van der Waals surface area (Å²) in [5, 5.41) is 0. The van der Waals surface area contributed by atoms with E-state index in [0.717, 1.165) is 56.0 Å². The van der Waals surface area contributed by atoms with Crippen LogP contribution >= 0.6 is 34.0 Å². The van der Waals surface area contributed by atoms with Crippen LogP contribution in [0.5, 0.6) is 0 Å². The molecule has 0 saturated carbocycles. The normalized spacial score (nSPS) is 11.5. The average Bonchev–Trinajstić information content (AvgIpc) is 3.44. The molecule has 3 heterocycles. The summed E-state index contributed by atoms with van der Waals surface area (Å²) in [7, 11) is 0. The lowest BCUT2D eigenvalue weighted by molar-refractivity contribution is 0.0521. The fourth-order valence-corrected chi connectivity index (χ4v) is 8.58. The van der Waals surface area contributed by atoms with Crippen molar-refractivity contribution in [1.29, 1.82) is 0 Å². The van der Waals surface area contributed by atoms with Crippen LogP contribution in [0.3, 0.4) is 0 Å². The molecule has 0 amide bonds. The minimum atomic E-state index is -0.216. The highest BCUT2D eigenvalue weighted by atomic mass is 32.1. The molecule has 0 N–H and O–H groups in total. The maximum atomic E-state index is 12.7. The lowest BCUT2D eigenvalue weighted by Crippen LogP contribution is -2.05. The maximum absolute atomic E-state index is 12.7. The largest absolute Gasteiger partial charge is 0.462 e. The lowest BCUT2D eigenvalue weighted by atomic mass is 10.1. The molecule has 0 bridgehead atoms. The van der Waals surface area contributed by atoms with E-state index < -0.39 is 0 Å². The van der Waals surface area contributed by atoms with E-state index in [-0.39, 0.29) is 11.9 Å². The fourth-order valence-electron chi connectivity index (χ4n) is 4.15. The van der Waals surface area contributed by atoms with Gasteiger partial charge in [0.25, 0.3) is 0 Å². The standard InChI is InChI=1S/C26H36O4S3/c1-5-9-11-13-15-17-19-23(32-21(17)25(27)29-7-3)24-20(31-19)18(16-14-12-10-6-2)22(33-24)26(28)30-8-4/h5-16H2,1-4H3. The van der Waals surface area contributed by atoms with Crippen LogP contribution in [0.15, 0.2) is 0 Å². The van der Waals surface area contributed by atoms with Crippen molar-refractivity contribution < 1.29 is 19.1 Å². The first kappa shape index (κ1) is 26.2. The van der Waals surface area contributed by atoms with E-state index in [9.17, 15) is 9.59 Å². The molecule has 0 aliphatic heterocycles. The Kier molecular flexibility index (Phi) is 10.2. The van der Waals surface area contributed by atoms with Gasteiger partial charge in [0.1, 0.15) is 9.75 Å². The number of ether oxygens (including phenoxy) is 2. The summed E-state index contributed by atoms with van der Waals surface area (Å²) in [4.78, 5) is 27.0. The second kappa shape index (κ2) is 12.9. The number of rotatable bonds is 14. The average molecular weight is 509 g/mol.